The number of benzene rings is 2. The predicted molar refractivity (Wildman–Crippen MR) is 108 cm³/mol. The number of non-ortho nitro benzene ring substituents is 1. The first-order valence-corrected chi connectivity index (χ1v) is 8.94. The molecule has 0 aliphatic rings. The fraction of sp³-hybridized carbons (Fsp3) is 0.150. The Bertz CT molecular complexity index is 1040. The third-order valence-electron chi connectivity index (χ3n) is 3.91. The van der Waals surface area contributed by atoms with Gasteiger partial charge in [0.1, 0.15) is 11.4 Å². The van der Waals surface area contributed by atoms with E-state index in [1.54, 1.807) is 18.2 Å². The van der Waals surface area contributed by atoms with Gasteiger partial charge in [0.25, 0.3) is 11.6 Å². The van der Waals surface area contributed by atoms with Crippen molar-refractivity contribution < 1.29 is 14.5 Å². The highest BCUT2D eigenvalue weighted by atomic mass is 16.6. The zero-order valence-electron chi connectivity index (χ0n) is 15.7. The lowest BCUT2D eigenvalue weighted by atomic mass is 10.1. The first-order chi connectivity index (χ1) is 14.1. The van der Waals surface area contributed by atoms with Crippen LogP contribution in [0.2, 0.25) is 0 Å². The maximum Gasteiger partial charge on any atom is 0.289 e. The number of nitro groups is 1. The van der Waals surface area contributed by atoms with Crippen LogP contribution in [0, 0.1) is 10.1 Å². The van der Waals surface area contributed by atoms with E-state index in [-0.39, 0.29) is 11.4 Å². The Hall–Kier alpha value is -4.01. The molecule has 3 rings (SSSR count). The number of nitrogens with one attached hydrogen (secondary N) is 2. The molecule has 0 fully saturated rings. The Morgan fingerprint density at radius 3 is 2.90 bits per heavy atom. The van der Waals surface area contributed by atoms with Crippen LogP contribution < -0.4 is 10.2 Å². The molecule has 0 atom stereocenters. The third kappa shape index (κ3) is 5.04. The number of carbonyl (C=O) groups is 1. The Balaban J connectivity index is 1.69. The normalized spacial score (nSPS) is 10.8. The van der Waals surface area contributed by atoms with E-state index in [0.29, 0.717) is 23.6 Å². The van der Waals surface area contributed by atoms with Crippen LogP contribution in [0.25, 0.3) is 11.3 Å². The number of hydrazone groups is 1. The highest BCUT2D eigenvalue weighted by Gasteiger charge is 2.13. The molecular weight excluding hydrogens is 374 g/mol. The number of rotatable bonds is 8. The molecule has 1 heterocycles. The molecule has 0 spiro atoms. The number of nitrogens with zero attached hydrogens (tertiary/aromatic N) is 3. The first-order valence-electron chi connectivity index (χ1n) is 8.94. The molecule has 1 aromatic heterocycles. The lowest BCUT2D eigenvalue weighted by Gasteiger charge is -2.08. The first kappa shape index (κ1) is 19.7. The number of aromatic nitrogens is 2. The number of nitro benzene ring substituents is 1. The monoisotopic (exact) mass is 393 g/mol. The van der Waals surface area contributed by atoms with Crippen molar-refractivity contribution >= 4 is 17.8 Å². The number of amides is 1. The molecule has 2 N–H and O–H groups in total. The van der Waals surface area contributed by atoms with E-state index in [1.807, 2.05) is 31.2 Å². The summed E-state index contributed by atoms with van der Waals surface area (Å²) in [7, 11) is 0. The molecule has 0 saturated heterocycles. The van der Waals surface area contributed by atoms with Gasteiger partial charge in [0.2, 0.25) is 0 Å². The summed E-state index contributed by atoms with van der Waals surface area (Å²) in [6.45, 7) is 2.61. The van der Waals surface area contributed by atoms with Crippen molar-refractivity contribution in [2.45, 2.75) is 13.3 Å². The van der Waals surface area contributed by atoms with Crippen molar-refractivity contribution in [1.82, 2.24) is 15.6 Å². The molecular formula is C20H19N5O4. The molecule has 0 aliphatic carbocycles. The van der Waals surface area contributed by atoms with E-state index in [0.717, 1.165) is 12.0 Å². The molecule has 9 heteroatoms. The lowest BCUT2D eigenvalue weighted by molar-refractivity contribution is -0.384. The van der Waals surface area contributed by atoms with Crippen LogP contribution in [0.15, 0.2) is 59.7 Å². The summed E-state index contributed by atoms with van der Waals surface area (Å²) in [5, 5.41) is 21.5. The largest absolute Gasteiger partial charge is 0.493 e. The quantitative estimate of drug-likeness (QED) is 0.344. The average molecular weight is 393 g/mol. The maximum absolute atomic E-state index is 12.3. The maximum atomic E-state index is 12.3. The second-order valence-electron chi connectivity index (χ2n) is 6.06. The fourth-order valence-corrected chi connectivity index (χ4v) is 2.54. The molecule has 1 amide bonds. The van der Waals surface area contributed by atoms with Crippen LogP contribution in [0.3, 0.4) is 0 Å². The van der Waals surface area contributed by atoms with E-state index < -0.39 is 10.8 Å². The Morgan fingerprint density at radius 1 is 1.28 bits per heavy atom. The fourth-order valence-electron chi connectivity index (χ4n) is 2.54. The number of carbonyl (C=O) groups excluding carboxylic acids is 1. The molecule has 0 bridgehead atoms. The Kier molecular flexibility index (Phi) is 6.31. The average Bonchev–Trinajstić information content (AvgIpc) is 3.23. The molecule has 0 radical (unpaired) electrons. The van der Waals surface area contributed by atoms with E-state index in [9.17, 15) is 14.9 Å². The number of H-pyrrole nitrogens is 1. The molecule has 3 aromatic rings. The van der Waals surface area contributed by atoms with Crippen LogP contribution in [0.4, 0.5) is 5.69 Å². The summed E-state index contributed by atoms with van der Waals surface area (Å²) in [6, 6.07) is 15.0. The highest BCUT2D eigenvalue weighted by molar-refractivity contribution is 5.94. The van der Waals surface area contributed by atoms with Crippen LogP contribution >= 0.6 is 0 Å². The van der Waals surface area contributed by atoms with Crippen LogP contribution in [-0.4, -0.2) is 33.8 Å². The van der Waals surface area contributed by atoms with E-state index in [1.165, 1.54) is 18.3 Å². The molecule has 29 heavy (non-hydrogen) atoms. The minimum absolute atomic E-state index is 0.0533. The van der Waals surface area contributed by atoms with Gasteiger partial charge in [-0.15, -0.1) is 0 Å². The lowest BCUT2D eigenvalue weighted by Crippen LogP contribution is -2.18. The van der Waals surface area contributed by atoms with Gasteiger partial charge >= 0.3 is 0 Å². The third-order valence-corrected chi connectivity index (χ3v) is 3.91. The van der Waals surface area contributed by atoms with E-state index in [2.05, 4.69) is 20.7 Å². The highest BCUT2D eigenvalue weighted by Crippen LogP contribution is 2.28. The van der Waals surface area contributed by atoms with Gasteiger partial charge in [-0.1, -0.05) is 31.2 Å². The van der Waals surface area contributed by atoms with Gasteiger partial charge < -0.3 is 4.74 Å². The van der Waals surface area contributed by atoms with Gasteiger partial charge in [0.05, 0.1) is 23.4 Å². The second-order valence-corrected chi connectivity index (χ2v) is 6.06. The topological polar surface area (TPSA) is 123 Å². The molecule has 148 valence electrons. The van der Waals surface area contributed by atoms with E-state index in [4.69, 9.17) is 4.74 Å². The summed E-state index contributed by atoms with van der Waals surface area (Å²) in [4.78, 5) is 22.6. The molecule has 0 aliphatic heterocycles. The minimum Gasteiger partial charge on any atom is -0.493 e. The smallest absolute Gasteiger partial charge is 0.289 e. The zero-order valence-corrected chi connectivity index (χ0v) is 15.7. The molecule has 9 nitrogen and oxygen atoms in total. The number of para-hydroxylation sites is 1. The number of aromatic amines is 1. The van der Waals surface area contributed by atoms with Gasteiger partial charge in [-0.05, 0) is 24.6 Å². The summed E-state index contributed by atoms with van der Waals surface area (Å²) < 4.78 is 5.72. The van der Waals surface area contributed by atoms with Crippen molar-refractivity contribution in [3.05, 3.63) is 76.0 Å². The van der Waals surface area contributed by atoms with Crippen molar-refractivity contribution in [3.63, 3.8) is 0 Å². The van der Waals surface area contributed by atoms with Gasteiger partial charge in [-0.2, -0.15) is 10.2 Å². The summed E-state index contributed by atoms with van der Waals surface area (Å²) >= 11 is 0. The molecule has 0 saturated carbocycles. The number of ether oxygens (including phenoxy) is 1. The van der Waals surface area contributed by atoms with Crippen molar-refractivity contribution in [2.75, 3.05) is 6.61 Å². The molecule has 2 aromatic carbocycles. The Labute approximate surface area is 166 Å². The predicted octanol–water partition coefficient (Wildman–Crippen LogP) is 3.54. The number of hydrogen-bond acceptors (Lipinski definition) is 6. The van der Waals surface area contributed by atoms with Crippen LogP contribution in [0.5, 0.6) is 5.75 Å². The molecule has 0 unspecified atom stereocenters. The summed E-state index contributed by atoms with van der Waals surface area (Å²) in [5.74, 6) is 0.203. The SMILES string of the molecule is CCCOc1ccccc1-c1cc(C(=O)NN=Cc2cccc([N+](=O)[O-])c2)[nH]n1. The second kappa shape index (κ2) is 9.27. The van der Waals surface area contributed by atoms with Crippen LogP contribution in [0.1, 0.15) is 29.4 Å². The zero-order chi connectivity index (χ0) is 20.6. The van der Waals surface area contributed by atoms with Crippen molar-refractivity contribution in [2.24, 2.45) is 5.10 Å². The van der Waals surface area contributed by atoms with E-state index >= 15 is 0 Å². The van der Waals surface area contributed by atoms with Gasteiger partial charge in [0.15, 0.2) is 0 Å². The van der Waals surface area contributed by atoms with Crippen molar-refractivity contribution in [1.29, 1.82) is 0 Å². The van der Waals surface area contributed by atoms with Crippen LogP contribution in [-0.2, 0) is 0 Å². The minimum atomic E-state index is -0.496. The van der Waals surface area contributed by atoms with Gasteiger partial charge in [0, 0.05) is 23.3 Å². The Morgan fingerprint density at radius 2 is 2.10 bits per heavy atom. The van der Waals surface area contributed by atoms with Gasteiger partial charge in [-0.3, -0.25) is 20.0 Å². The van der Waals surface area contributed by atoms with Gasteiger partial charge in [-0.25, -0.2) is 5.43 Å². The van der Waals surface area contributed by atoms with Crippen molar-refractivity contribution in [3.8, 4) is 17.0 Å². The summed E-state index contributed by atoms with van der Waals surface area (Å²) in [6.07, 6.45) is 2.21. The summed E-state index contributed by atoms with van der Waals surface area (Å²) in [5.41, 5.74) is 4.38. The number of hydrogen-bond donors (Lipinski definition) is 2. The standard InChI is InChI=1S/C20H19N5O4/c1-2-10-29-19-9-4-3-8-16(19)17-12-18(23-22-17)20(26)24-21-13-14-6-5-7-15(11-14)25(27)28/h3-9,11-13H,2,10H2,1H3,(H,22,23)(H,24,26).